The topological polar surface area (TPSA) is 29.6 Å². The largest absolute Gasteiger partial charge is 0.309 e. The molecule has 133 heavy (non-hydrogen) atoms. The molecule has 6 heterocycles. The summed E-state index contributed by atoms with van der Waals surface area (Å²) in [6.07, 6.45) is 18.2. The molecule has 0 amide bonds. The van der Waals surface area contributed by atoms with Crippen LogP contribution in [0.5, 0.6) is 0 Å². The summed E-state index contributed by atoms with van der Waals surface area (Å²) in [6, 6.07) is 152. The Morgan fingerprint density at radius 3 is 0.571 bits per heavy atom. The van der Waals surface area contributed by atoms with E-state index in [1.54, 1.807) is 11.1 Å². The molecule has 6 heteroatoms. The van der Waals surface area contributed by atoms with Crippen molar-refractivity contribution in [1.29, 1.82) is 0 Å². The Kier molecular flexibility index (Phi) is 21.8. The molecule has 6 nitrogen and oxygen atoms in total. The molecule has 0 saturated carbocycles. The van der Waals surface area contributed by atoms with Crippen LogP contribution in [0, 0.1) is 13.8 Å². The highest BCUT2D eigenvalue weighted by atomic mass is 15.0. The van der Waals surface area contributed by atoms with Crippen LogP contribution in [-0.2, 0) is 5.41 Å². The number of nitrogens with zero attached hydrogens (tertiary/aromatic N) is 6. The normalized spacial score (nSPS) is 12.4. The summed E-state index contributed by atoms with van der Waals surface area (Å²) in [5.74, 6) is 0. The second-order valence-corrected chi connectivity index (χ2v) is 36.9. The van der Waals surface area contributed by atoms with Gasteiger partial charge < -0.3 is 27.4 Å². The molecular weight excluding hydrogens is 1610 g/mol. The van der Waals surface area contributed by atoms with Gasteiger partial charge in [0.1, 0.15) is 0 Å². The first-order valence-electron chi connectivity index (χ1n) is 48.4. The molecule has 0 radical (unpaired) electrons. The number of aryl methyl sites for hydroxylation is 2. The van der Waals surface area contributed by atoms with E-state index in [2.05, 4.69) is 468 Å². The zero-order chi connectivity index (χ0) is 89.0. The van der Waals surface area contributed by atoms with Crippen LogP contribution in [0.15, 0.2) is 413 Å². The van der Waals surface area contributed by atoms with Crippen LogP contribution in [0.4, 0.5) is 0 Å². The third-order valence-electron chi connectivity index (χ3n) is 29.0. The lowest BCUT2D eigenvalue weighted by atomic mass is 9.70. The summed E-state index contributed by atoms with van der Waals surface area (Å²) in [7, 11) is 0. The van der Waals surface area contributed by atoms with Gasteiger partial charge in [-0.3, -0.25) is 0 Å². The number of rotatable bonds is 22. The zero-order valence-electron chi connectivity index (χ0n) is 76.3. The maximum Gasteiger partial charge on any atom is 0.0541 e. The Bertz CT molecular complexity index is 7700. The minimum absolute atomic E-state index is 0.0380. The highest BCUT2D eigenvalue weighted by Gasteiger charge is 2.43. The monoisotopic (exact) mass is 1720 g/mol. The van der Waals surface area contributed by atoms with Gasteiger partial charge in [-0.1, -0.05) is 358 Å². The lowest BCUT2D eigenvalue weighted by molar-refractivity contribution is 0.397. The van der Waals surface area contributed by atoms with Gasteiger partial charge in [-0.05, 0) is 228 Å². The third kappa shape index (κ3) is 14.4. The van der Waals surface area contributed by atoms with Gasteiger partial charge in [0.2, 0.25) is 0 Å². The number of benzene rings is 18. The van der Waals surface area contributed by atoms with Crippen molar-refractivity contribution in [1.82, 2.24) is 27.4 Å². The van der Waals surface area contributed by atoms with Crippen LogP contribution in [0.25, 0.3) is 198 Å². The van der Waals surface area contributed by atoms with Crippen molar-refractivity contribution in [3.8, 4) is 67.5 Å². The van der Waals surface area contributed by atoms with Crippen LogP contribution in [0.3, 0.4) is 0 Å². The molecule has 0 atom stereocenters. The molecule has 6 aromatic heterocycles. The molecule has 0 bridgehead atoms. The minimum Gasteiger partial charge on any atom is -0.309 e. The Morgan fingerprint density at radius 1 is 0.173 bits per heavy atom. The van der Waals surface area contributed by atoms with Crippen LogP contribution >= 0.6 is 0 Å². The maximum absolute atomic E-state index is 2.61. The van der Waals surface area contributed by atoms with E-state index in [4.69, 9.17) is 0 Å². The molecule has 0 saturated heterocycles. The second kappa shape index (κ2) is 35.2. The van der Waals surface area contributed by atoms with Gasteiger partial charge in [-0.25, -0.2) is 0 Å². The van der Waals surface area contributed by atoms with Crippen molar-refractivity contribution in [2.24, 2.45) is 0 Å². The van der Waals surface area contributed by atoms with E-state index >= 15 is 0 Å². The number of hydrogen-bond donors (Lipinski definition) is 0. The van der Waals surface area contributed by atoms with Crippen molar-refractivity contribution >= 4 is 131 Å². The van der Waals surface area contributed by atoms with Crippen molar-refractivity contribution in [2.45, 2.75) is 123 Å². The first-order valence-corrected chi connectivity index (χ1v) is 48.4. The number of unbranched alkanes of at least 4 members (excludes halogenated alkanes) is 10. The SMILES string of the molecule is CCCCCCCCC1(CCCCCCCC)c2cc(-n3c4ccccc4c4ccccc43)ccc2-c2ccc(-n3c4ccccc4c4ccccc43)cc21.Cc1cc(-n2c3ccccc3c3ccccc32)ccc1-c1ccc(-n2c3ccccc3c3ccccc32)cc1C.c1ccc2c(c1)c1ccccc1n2-c1ccc(-c2ccc(-n3c4ccccc4c4ccccc43)cc2)cc1. The number of hydrogen-bond acceptors (Lipinski definition) is 0. The average Bonchev–Trinajstić information content (AvgIpc) is 1.56. The van der Waals surface area contributed by atoms with E-state index in [1.807, 2.05) is 0 Å². The lowest BCUT2D eigenvalue weighted by Crippen LogP contribution is -2.26. The van der Waals surface area contributed by atoms with E-state index < -0.39 is 0 Å². The van der Waals surface area contributed by atoms with E-state index in [1.165, 1.54) is 299 Å². The quantitative estimate of drug-likeness (QED) is 0.0606. The molecule has 0 fully saturated rings. The molecule has 24 aromatic rings. The van der Waals surface area contributed by atoms with E-state index in [-0.39, 0.29) is 5.41 Å². The number of para-hydroxylation sites is 12. The van der Waals surface area contributed by atoms with Gasteiger partial charge >= 0.3 is 0 Å². The molecule has 0 aliphatic heterocycles. The number of fused-ring (bicyclic) bond motifs is 21. The van der Waals surface area contributed by atoms with E-state index in [0.717, 1.165) is 0 Å². The molecule has 0 spiro atoms. The minimum atomic E-state index is -0.0380. The smallest absolute Gasteiger partial charge is 0.0541 e. The van der Waals surface area contributed by atoms with Crippen LogP contribution < -0.4 is 0 Å². The van der Waals surface area contributed by atoms with Crippen LogP contribution in [0.2, 0.25) is 0 Å². The lowest BCUT2D eigenvalue weighted by Gasteiger charge is -2.33. The molecule has 0 N–H and O–H groups in total. The van der Waals surface area contributed by atoms with Crippen LogP contribution in [-0.4, -0.2) is 27.4 Å². The number of aromatic nitrogens is 6. The summed E-state index contributed by atoms with van der Waals surface area (Å²) in [5.41, 5.74) is 35.7. The summed E-state index contributed by atoms with van der Waals surface area (Å²) in [4.78, 5) is 0. The molecule has 0 unspecified atom stereocenters. The molecule has 25 rings (SSSR count). The molecule has 18 aromatic carbocycles. The van der Waals surface area contributed by atoms with Crippen molar-refractivity contribution in [2.75, 3.05) is 0 Å². The Balaban J connectivity index is 0.000000115. The fourth-order valence-corrected chi connectivity index (χ4v) is 22.8. The van der Waals surface area contributed by atoms with Crippen molar-refractivity contribution in [3.63, 3.8) is 0 Å². The van der Waals surface area contributed by atoms with Gasteiger partial charge in [0, 0.05) is 104 Å². The maximum atomic E-state index is 2.61. The first kappa shape index (κ1) is 82.2. The Morgan fingerprint density at radius 2 is 0.353 bits per heavy atom. The van der Waals surface area contributed by atoms with E-state index in [0.29, 0.717) is 0 Å². The zero-order valence-corrected chi connectivity index (χ0v) is 76.3. The predicted octanol–water partition coefficient (Wildman–Crippen LogP) is 35.4. The van der Waals surface area contributed by atoms with Gasteiger partial charge in [-0.2, -0.15) is 0 Å². The summed E-state index contributed by atoms with van der Waals surface area (Å²) in [6.45, 7) is 9.11. The molecule has 646 valence electrons. The third-order valence-corrected chi connectivity index (χ3v) is 29.0. The first-order chi connectivity index (χ1) is 65.8. The summed E-state index contributed by atoms with van der Waals surface area (Å²) >= 11 is 0. The molecule has 1 aliphatic rings. The van der Waals surface area contributed by atoms with E-state index in [9.17, 15) is 0 Å². The second-order valence-electron chi connectivity index (χ2n) is 36.9. The molecule has 1 aliphatic carbocycles. The summed E-state index contributed by atoms with van der Waals surface area (Å²) in [5, 5.41) is 15.6. The predicted molar refractivity (Wildman–Crippen MR) is 568 cm³/mol. The van der Waals surface area contributed by atoms with Gasteiger partial charge in [0.15, 0.2) is 0 Å². The molecular formula is C127H108N6. The standard InChI is InChI=1S/C53H56N2.C38H28N2.C36H24N2/c1-3-5-7-9-11-21-35-53(36-22-12-10-8-6-4-2)47-37-39(54-49-27-17-13-23-43(49)44-24-14-18-28-50(44)54)31-33-41(47)42-34-32-40(38-48(42)53)55-51-29-19-15-25-45(51)46-26-16-20-30-52(46)55;1-25-23-27(39-35-15-7-3-11-31(35)32-12-4-8-16-36(32)39)19-21-29(25)30-22-20-28(24-26(30)2)40-37-17-9-5-13-33(37)34-14-6-10-18-38(34)40;1-5-13-33-29(9-1)30-10-2-6-14-34(30)37(33)27-21-17-25(18-22-27)26-19-23-28(24-20-26)38-35-15-7-3-11-31(35)32-12-4-8-16-36(32)38/h13-20,23-34,37-38H,3-12,21-22,35-36H2,1-2H3;3-24H,1-2H3;1-24H. The highest BCUT2D eigenvalue weighted by Crippen LogP contribution is 2.56. The average molecular weight is 1720 g/mol. The fourth-order valence-electron chi connectivity index (χ4n) is 22.8. The Labute approximate surface area is 778 Å². The Hall–Kier alpha value is -15.2. The van der Waals surface area contributed by atoms with Gasteiger partial charge in [0.05, 0.1) is 66.2 Å². The fraction of sp³-hybridized carbons (Fsp3) is 0.150. The van der Waals surface area contributed by atoms with Gasteiger partial charge in [0.25, 0.3) is 0 Å². The van der Waals surface area contributed by atoms with Gasteiger partial charge in [-0.15, -0.1) is 0 Å². The van der Waals surface area contributed by atoms with Crippen molar-refractivity contribution in [3.05, 3.63) is 435 Å². The van der Waals surface area contributed by atoms with Crippen LogP contribution in [0.1, 0.15) is 126 Å². The highest BCUT2D eigenvalue weighted by molar-refractivity contribution is 6.14. The summed E-state index contributed by atoms with van der Waals surface area (Å²) < 4.78 is 14.5. The van der Waals surface area contributed by atoms with Crippen molar-refractivity contribution < 1.29 is 0 Å².